The number of benzene rings is 1. The van der Waals surface area contributed by atoms with Crippen molar-refractivity contribution in [2.75, 3.05) is 0 Å². The Labute approximate surface area is 96.2 Å². The lowest BCUT2D eigenvalue weighted by molar-refractivity contribution is -0.118. The lowest BCUT2D eigenvalue weighted by Gasteiger charge is -2.05. The first-order valence-corrected chi connectivity index (χ1v) is 6.00. The molecule has 1 nitrogen and oxygen atoms in total. The number of allylic oxidation sites excluding steroid dienone is 2. The Hall–Kier alpha value is -1.37. The SMILES string of the molecule is CC(=O)C1CC1C1=CC(C)c2ccccc21. The van der Waals surface area contributed by atoms with E-state index in [0.29, 0.717) is 23.5 Å². The molecular weight excluding hydrogens is 196 g/mol. The van der Waals surface area contributed by atoms with E-state index >= 15 is 0 Å². The molecule has 0 bridgehead atoms. The second-order valence-corrected chi connectivity index (χ2v) is 5.06. The largest absolute Gasteiger partial charge is 0.300 e. The highest BCUT2D eigenvalue weighted by Crippen LogP contribution is 2.52. The van der Waals surface area contributed by atoms with E-state index in [-0.39, 0.29) is 0 Å². The summed E-state index contributed by atoms with van der Waals surface area (Å²) < 4.78 is 0. The first-order valence-electron chi connectivity index (χ1n) is 6.00. The van der Waals surface area contributed by atoms with Crippen LogP contribution in [0.15, 0.2) is 30.3 Å². The lowest BCUT2D eigenvalue weighted by Crippen LogP contribution is -1.96. The van der Waals surface area contributed by atoms with Crippen LogP contribution in [0.2, 0.25) is 0 Å². The molecule has 16 heavy (non-hydrogen) atoms. The van der Waals surface area contributed by atoms with Gasteiger partial charge in [0.15, 0.2) is 0 Å². The quantitative estimate of drug-likeness (QED) is 0.734. The number of Topliss-reactive ketones (excluding diaryl/α,β-unsaturated/α-hetero) is 1. The second-order valence-electron chi connectivity index (χ2n) is 5.06. The van der Waals surface area contributed by atoms with Gasteiger partial charge in [0.05, 0.1) is 0 Å². The molecule has 0 spiro atoms. The summed E-state index contributed by atoms with van der Waals surface area (Å²) in [5, 5.41) is 0. The number of hydrogen-bond acceptors (Lipinski definition) is 1. The molecule has 2 aliphatic rings. The first kappa shape index (κ1) is 9.83. The summed E-state index contributed by atoms with van der Waals surface area (Å²) in [6.07, 6.45) is 3.40. The Morgan fingerprint density at radius 3 is 2.75 bits per heavy atom. The van der Waals surface area contributed by atoms with Gasteiger partial charge in [-0.3, -0.25) is 4.79 Å². The molecule has 0 aliphatic heterocycles. The number of fused-ring (bicyclic) bond motifs is 1. The Morgan fingerprint density at radius 2 is 2.06 bits per heavy atom. The van der Waals surface area contributed by atoms with E-state index in [0.717, 1.165) is 6.42 Å². The zero-order chi connectivity index (χ0) is 11.3. The van der Waals surface area contributed by atoms with Crippen molar-refractivity contribution in [3.8, 4) is 0 Å². The highest BCUT2D eigenvalue weighted by atomic mass is 16.1. The Bertz CT molecular complexity index is 484. The summed E-state index contributed by atoms with van der Waals surface area (Å²) in [6.45, 7) is 3.95. The summed E-state index contributed by atoms with van der Waals surface area (Å²) in [5.74, 6) is 1.66. The van der Waals surface area contributed by atoms with Crippen LogP contribution in [0.5, 0.6) is 0 Å². The molecule has 3 atom stereocenters. The molecular formula is C15H16O. The molecule has 2 aliphatic carbocycles. The van der Waals surface area contributed by atoms with Gasteiger partial charge < -0.3 is 0 Å². The average molecular weight is 212 g/mol. The lowest BCUT2D eigenvalue weighted by atomic mass is 9.99. The molecule has 0 radical (unpaired) electrons. The van der Waals surface area contributed by atoms with E-state index in [4.69, 9.17) is 0 Å². The third-order valence-corrected chi connectivity index (χ3v) is 3.90. The molecule has 1 aromatic carbocycles. The maximum absolute atomic E-state index is 11.3. The van der Waals surface area contributed by atoms with Crippen molar-refractivity contribution >= 4 is 11.4 Å². The molecule has 1 fully saturated rings. The van der Waals surface area contributed by atoms with Gasteiger partial charge in [0.25, 0.3) is 0 Å². The molecule has 1 heteroatoms. The van der Waals surface area contributed by atoms with Crippen LogP contribution in [-0.2, 0) is 4.79 Å². The van der Waals surface area contributed by atoms with E-state index in [1.807, 2.05) is 0 Å². The van der Waals surface area contributed by atoms with Gasteiger partial charge in [-0.15, -0.1) is 0 Å². The molecule has 3 rings (SSSR count). The zero-order valence-corrected chi connectivity index (χ0v) is 9.73. The monoisotopic (exact) mass is 212 g/mol. The smallest absolute Gasteiger partial charge is 0.133 e. The minimum Gasteiger partial charge on any atom is -0.300 e. The molecule has 0 amide bonds. The van der Waals surface area contributed by atoms with E-state index in [1.165, 1.54) is 16.7 Å². The van der Waals surface area contributed by atoms with Gasteiger partial charge in [0, 0.05) is 11.8 Å². The third kappa shape index (κ3) is 1.35. The van der Waals surface area contributed by atoms with Crippen molar-refractivity contribution in [2.45, 2.75) is 26.2 Å². The van der Waals surface area contributed by atoms with Gasteiger partial charge in [-0.1, -0.05) is 37.3 Å². The predicted octanol–water partition coefficient (Wildman–Crippen LogP) is 3.41. The standard InChI is InChI=1S/C15H16O/c1-9-7-14(15-8-13(15)10(2)16)12-6-4-3-5-11(9)12/h3-7,9,13,15H,8H2,1-2H3. The molecule has 0 saturated heterocycles. The van der Waals surface area contributed by atoms with Crippen molar-refractivity contribution in [3.05, 3.63) is 41.5 Å². The molecule has 0 N–H and O–H groups in total. The summed E-state index contributed by atoms with van der Waals surface area (Å²) in [5.41, 5.74) is 4.22. The fourth-order valence-electron chi connectivity index (χ4n) is 2.92. The average Bonchev–Trinajstić information content (AvgIpc) is 3.00. The van der Waals surface area contributed by atoms with E-state index in [1.54, 1.807) is 6.92 Å². The normalized spacial score (nSPS) is 30.9. The number of carbonyl (C=O) groups is 1. The fourth-order valence-corrected chi connectivity index (χ4v) is 2.92. The van der Waals surface area contributed by atoms with Crippen LogP contribution >= 0.6 is 0 Å². The van der Waals surface area contributed by atoms with Crippen LogP contribution in [-0.4, -0.2) is 5.78 Å². The number of carbonyl (C=O) groups excluding carboxylic acids is 1. The predicted molar refractivity (Wildman–Crippen MR) is 65.1 cm³/mol. The molecule has 1 saturated carbocycles. The highest BCUT2D eigenvalue weighted by molar-refractivity contribution is 5.88. The molecule has 82 valence electrons. The van der Waals surface area contributed by atoms with Crippen molar-refractivity contribution in [1.29, 1.82) is 0 Å². The third-order valence-electron chi connectivity index (χ3n) is 3.90. The maximum atomic E-state index is 11.3. The van der Waals surface area contributed by atoms with Gasteiger partial charge in [0.2, 0.25) is 0 Å². The number of hydrogen-bond donors (Lipinski definition) is 0. The first-order chi connectivity index (χ1) is 7.68. The summed E-state index contributed by atoms with van der Waals surface area (Å²) >= 11 is 0. The number of rotatable bonds is 2. The van der Waals surface area contributed by atoms with Crippen molar-refractivity contribution in [2.24, 2.45) is 11.8 Å². The molecule has 0 aromatic heterocycles. The van der Waals surface area contributed by atoms with Crippen LogP contribution in [0, 0.1) is 11.8 Å². The summed E-state index contributed by atoms with van der Waals surface area (Å²) in [6, 6.07) is 8.59. The van der Waals surface area contributed by atoms with Gasteiger partial charge in [-0.25, -0.2) is 0 Å². The van der Waals surface area contributed by atoms with E-state index < -0.39 is 0 Å². The molecule has 1 aromatic rings. The van der Waals surface area contributed by atoms with Crippen LogP contribution in [0.3, 0.4) is 0 Å². The van der Waals surface area contributed by atoms with Crippen LogP contribution in [0.25, 0.3) is 5.57 Å². The fraction of sp³-hybridized carbons (Fsp3) is 0.400. The van der Waals surface area contributed by atoms with Gasteiger partial charge >= 0.3 is 0 Å². The topological polar surface area (TPSA) is 17.1 Å². The summed E-state index contributed by atoms with van der Waals surface area (Å²) in [7, 11) is 0. The van der Waals surface area contributed by atoms with Crippen molar-refractivity contribution < 1.29 is 4.79 Å². The van der Waals surface area contributed by atoms with Crippen molar-refractivity contribution in [3.63, 3.8) is 0 Å². The van der Waals surface area contributed by atoms with Crippen LogP contribution < -0.4 is 0 Å². The van der Waals surface area contributed by atoms with E-state index in [9.17, 15) is 4.79 Å². The van der Waals surface area contributed by atoms with Crippen molar-refractivity contribution in [1.82, 2.24) is 0 Å². The van der Waals surface area contributed by atoms with Gasteiger partial charge in [-0.2, -0.15) is 0 Å². The highest BCUT2D eigenvalue weighted by Gasteiger charge is 2.45. The Morgan fingerprint density at radius 1 is 1.31 bits per heavy atom. The Balaban J connectivity index is 1.94. The second kappa shape index (κ2) is 3.31. The van der Waals surface area contributed by atoms with Crippen LogP contribution in [0.1, 0.15) is 37.3 Å². The Kier molecular flexibility index (Phi) is 2.03. The van der Waals surface area contributed by atoms with E-state index in [2.05, 4.69) is 37.3 Å². The minimum absolute atomic E-state index is 0.296. The zero-order valence-electron chi connectivity index (χ0n) is 9.73. The van der Waals surface area contributed by atoms with Crippen LogP contribution in [0.4, 0.5) is 0 Å². The van der Waals surface area contributed by atoms with Gasteiger partial charge in [-0.05, 0) is 36.0 Å². The maximum Gasteiger partial charge on any atom is 0.133 e. The number of ketones is 1. The minimum atomic E-state index is 0.296. The molecule has 0 heterocycles. The van der Waals surface area contributed by atoms with Gasteiger partial charge in [0.1, 0.15) is 5.78 Å². The molecule has 3 unspecified atom stereocenters. The summed E-state index contributed by atoms with van der Waals surface area (Å²) in [4.78, 5) is 11.3.